The largest absolute Gasteiger partial charge is 0.507 e. The number of hydrogen-bond acceptors (Lipinski definition) is 4. The summed E-state index contributed by atoms with van der Waals surface area (Å²) in [5.74, 6) is 0.652. The Bertz CT molecular complexity index is 830. The van der Waals surface area contributed by atoms with Crippen molar-refractivity contribution in [3.8, 4) is 22.6 Å². The standard InChI is InChI=1S/C19H18O4/c1-23-17-9-12(10-20)8-14(11-21)18(17)16-7-6-13-4-2-3-5-15(13)19(16)22/h2-9,20-22H,10-11H2,1H3. The van der Waals surface area contributed by atoms with Crippen LogP contribution in [0.15, 0.2) is 48.5 Å². The zero-order chi connectivity index (χ0) is 16.4. The first-order valence-electron chi connectivity index (χ1n) is 7.32. The zero-order valence-electron chi connectivity index (χ0n) is 12.8. The molecule has 4 nitrogen and oxygen atoms in total. The normalized spacial score (nSPS) is 10.9. The molecule has 3 N–H and O–H groups in total. The maximum Gasteiger partial charge on any atom is 0.131 e. The van der Waals surface area contributed by atoms with Gasteiger partial charge in [0, 0.05) is 16.5 Å². The lowest BCUT2D eigenvalue weighted by Crippen LogP contribution is -1.98. The van der Waals surface area contributed by atoms with Crippen LogP contribution in [0.2, 0.25) is 0 Å². The molecule has 0 aliphatic heterocycles. The average Bonchev–Trinajstić information content (AvgIpc) is 2.61. The summed E-state index contributed by atoms with van der Waals surface area (Å²) in [4.78, 5) is 0. The number of phenols is 1. The molecule has 0 atom stereocenters. The van der Waals surface area contributed by atoms with E-state index >= 15 is 0 Å². The van der Waals surface area contributed by atoms with Gasteiger partial charge in [-0.1, -0.05) is 36.4 Å². The van der Waals surface area contributed by atoms with Gasteiger partial charge in [0.2, 0.25) is 0 Å². The summed E-state index contributed by atoms with van der Waals surface area (Å²) in [7, 11) is 1.53. The van der Waals surface area contributed by atoms with Gasteiger partial charge < -0.3 is 20.1 Å². The van der Waals surface area contributed by atoms with Gasteiger partial charge in [-0.25, -0.2) is 0 Å². The highest BCUT2D eigenvalue weighted by Gasteiger charge is 2.17. The third-order valence-electron chi connectivity index (χ3n) is 3.99. The Kier molecular flexibility index (Phi) is 4.19. The van der Waals surface area contributed by atoms with E-state index in [0.29, 0.717) is 28.0 Å². The predicted molar refractivity (Wildman–Crippen MR) is 89.4 cm³/mol. The Labute approximate surface area is 134 Å². The summed E-state index contributed by atoms with van der Waals surface area (Å²) in [5.41, 5.74) is 2.47. The van der Waals surface area contributed by atoms with Gasteiger partial charge in [-0.15, -0.1) is 0 Å². The molecule has 4 heteroatoms. The minimum atomic E-state index is -0.216. The molecule has 0 saturated heterocycles. The second kappa shape index (κ2) is 6.28. The molecule has 0 aliphatic rings. The van der Waals surface area contributed by atoms with Crippen LogP contribution < -0.4 is 4.74 Å². The second-order valence-corrected chi connectivity index (χ2v) is 5.33. The molecule has 0 heterocycles. The Morgan fingerprint density at radius 2 is 1.74 bits per heavy atom. The van der Waals surface area contributed by atoms with Gasteiger partial charge in [0.15, 0.2) is 0 Å². The van der Waals surface area contributed by atoms with E-state index in [-0.39, 0.29) is 19.0 Å². The van der Waals surface area contributed by atoms with E-state index in [1.807, 2.05) is 36.4 Å². The number of benzene rings is 3. The van der Waals surface area contributed by atoms with Crippen molar-refractivity contribution in [2.45, 2.75) is 13.2 Å². The molecule has 23 heavy (non-hydrogen) atoms. The smallest absolute Gasteiger partial charge is 0.131 e. The lowest BCUT2D eigenvalue weighted by atomic mass is 9.93. The monoisotopic (exact) mass is 310 g/mol. The molecule has 0 radical (unpaired) electrons. The van der Waals surface area contributed by atoms with Crippen LogP contribution in [0.25, 0.3) is 21.9 Å². The predicted octanol–water partition coefficient (Wildman–Crippen LogP) is 3.21. The number of phenolic OH excluding ortho intramolecular Hbond substituents is 1. The summed E-state index contributed by atoms with van der Waals surface area (Å²) in [5, 5.41) is 31.4. The Morgan fingerprint density at radius 3 is 2.43 bits per heavy atom. The Hall–Kier alpha value is -2.56. The molecular weight excluding hydrogens is 292 g/mol. The third-order valence-corrected chi connectivity index (χ3v) is 3.99. The quantitative estimate of drug-likeness (QED) is 0.692. The summed E-state index contributed by atoms with van der Waals surface area (Å²) in [6.07, 6.45) is 0. The third kappa shape index (κ3) is 2.63. The Morgan fingerprint density at radius 1 is 0.957 bits per heavy atom. The van der Waals surface area contributed by atoms with Crippen LogP contribution in [0.4, 0.5) is 0 Å². The van der Waals surface area contributed by atoms with Crippen molar-refractivity contribution in [3.05, 3.63) is 59.7 Å². The van der Waals surface area contributed by atoms with Crippen LogP contribution in [0, 0.1) is 0 Å². The number of methoxy groups -OCH3 is 1. The maximum atomic E-state index is 10.7. The van der Waals surface area contributed by atoms with Gasteiger partial charge in [0.05, 0.1) is 20.3 Å². The Balaban J connectivity index is 2.32. The first kappa shape index (κ1) is 15.3. The summed E-state index contributed by atoms with van der Waals surface area (Å²) in [6, 6.07) is 14.7. The summed E-state index contributed by atoms with van der Waals surface area (Å²) >= 11 is 0. The molecule has 118 valence electrons. The fourth-order valence-electron chi connectivity index (χ4n) is 2.88. The lowest BCUT2D eigenvalue weighted by Gasteiger charge is -2.17. The van der Waals surface area contributed by atoms with Crippen molar-refractivity contribution in [1.29, 1.82) is 0 Å². The molecule has 3 aromatic rings. The molecule has 0 unspecified atom stereocenters. The van der Waals surface area contributed by atoms with Gasteiger partial charge in [0.1, 0.15) is 11.5 Å². The van der Waals surface area contributed by atoms with E-state index in [1.54, 1.807) is 12.1 Å². The van der Waals surface area contributed by atoms with Crippen LogP contribution >= 0.6 is 0 Å². The average molecular weight is 310 g/mol. The number of aliphatic hydroxyl groups is 2. The van der Waals surface area contributed by atoms with E-state index in [0.717, 1.165) is 10.8 Å². The zero-order valence-corrected chi connectivity index (χ0v) is 12.8. The van der Waals surface area contributed by atoms with Crippen LogP contribution in [-0.2, 0) is 13.2 Å². The number of rotatable bonds is 4. The van der Waals surface area contributed by atoms with Crippen LogP contribution in [-0.4, -0.2) is 22.4 Å². The number of ether oxygens (including phenoxy) is 1. The van der Waals surface area contributed by atoms with Gasteiger partial charge in [0.25, 0.3) is 0 Å². The van der Waals surface area contributed by atoms with Gasteiger partial charge in [-0.3, -0.25) is 0 Å². The highest BCUT2D eigenvalue weighted by Crippen LogP contribution is 2.42. The molecule has 0 bridgehead atoms. The van der Waals surface area contributed by atoms with Crippen LogP contribution in [0.1, 0.15) is 11.1 Å². The van der Waals surface area contributed by atoms with E-state index in [2.05, 4.69) is 0 Å². The SMILES string of the molecule is COc1cc(CO)cc(CO)c1-c1ccc2ccccc2c1O. The van der Waals surface area contributed by atoms with Crippen molar-refractivity contribution in [2.24, 2.45) is 0 Å². The molecule has 0 saturated carbocycles. The molecule has 3 aromatic carbocycles. The number of aromatic hydroxyl groups is 1. The topological polar surface area (TPSA) is 69.9 Å². The molecule has 0 amide bonds. The van der Waals surface area contributed by atoms with Crippen LogP contribution in [0.5, 0.6) is 11.5 Å². The van der Waals surface area contributed by atoms with Crippen molar-refractivity contribution >= 4 is 10.8 Å². The minimum absolute atomic E-state index is 0.145. The molecule has 3 rings (SSSR count). The van der Waals surface area contributed by atoms with Crippen molar-refractivity contribution in [3.63, 3.8) is 0 Å². The number of hydrogen-bond donors (Lipinski definition) is 3. The fraction of sp³-hybridized carbons (Fsp3) is 0.158. The maximum absolute atomic E-state index is 10.7. The van der Waals surface area contributed by atoms with E-state index in [1.165, 1.54) is 7.11 Å². The first-order valence-corrected chi connectivity index (χ1v) is 7.32. The molecule has 0 aromatic heterocycles. The number of aliphatic hydroxyl groups excluding tert-OH is 2. The minimum Gasteiger partial charge on any atom is -0.507 e. The number of fused-ring (bicyclic) bond motifs is 1. The molecule has 0 spiro atoms. The second-order valence-electron chi connectivity index (χ2n) is 5.33. The molecule has 0 fully saturated rings. The molecule has 0 aliphatic carbocycles. The van der Waals surface area contributed by atoms with Crippen molar-refractivity contribution < 1.29 is 20.1 Å². The van der Waals surface area contributed by atoms with E-state index in [4.69, 9.17) is 4.74 Å². The van der Waals surface area contributed by atoms with Gasteiger partial charge >= 0.3 is 0 Å². The highest BCUT2D eigenvalue weighted by molar-refractivity contribution is 5.96. The lowest BCUT2D eigenvalue weighted by molar-refractivity contribution is 0.274. The first-order chi connectivity index (χ1) is 11.2. The van der Waals surface area contributed by atoms with Gasteiger partial charge in [-0.05, 0) is 28.6 Å². The highest BCUT2D eigenvalue weighted by atomic mass is 16.5. The fourth-order valence-corrected chi connectivity index (χ4v) is 2.88. The summed E-state index contributed by atoms with van der Waals surface area (Å²) < 4.78 is 5.42. The van der Waals surface area contributed by atoms with Crippen LogP contribution in [0.3, 0.4) is 0 Å². The van der Waals surface area contributed by atoms with Gasteiger partial charge in [-0.2, -0.15) is 0 Å². The molecular formula is C19H18O4. The summed E-state index contributed by atoms with van der Waals surface area (Å²) in [6.45, 7) is -0.362. The van der Waals surface area contributed by atoms with E-state index < -0.39 is 0 Å². The van der Waals surface area contributed by atoms with E-state index in [9.17, 15) is 15.3 Å². The van der Waals surface area contributed by atoms with Crippen molar-refractivity contribution in [2.75, 3.05) is 7.11 Å². The van der Waals surface area contributed by atoms with Crippen molar-refractivity contribution in [1.82, 2.24) is 0 Å².